The fourth-order valence-electron chi connectivity index (χ4n) is 5.84. The average Bonchev–Trinajstić information content (AvgIpc) is 3.38. The first-order valence-corrected chi connectivity index (χ1v) is 13.5. The highest BCUT2D eigenvalue weighted by Gasteiger charge is 2.43. The largest absolute Gasteiger partial charge is 0.341 e. The zero-order valence-corrected chi connectivity index (χ0v) is 20.9. The van der Waals surface area contributed by atoms with Gasteiger partial charge in [0.25, 0.3) is 11.0 Å². The first kappa shape index (κ1) is 25.8. The molecule has 2 heterocycles. The highest BCUT2D eigenvalue weighted by atomic mass is 32.2. The highest BCUT2D eigenvalue weighted by molar-refractivity contribution is 7.67. The molecular weight excluding hydrogens is 471 g/mol. The van der Waals surface area contributed by atoms with Gasteiger partial charge in [0.05, 0.1) is 12.4 Å². The molecule has 0 bridgehead atoms. The Balaban J connectivity index is 1.45. The number of hydrogen-bond acceptors (Lipinski definition) is 6. The Bertz CT molecular complexity index is 1010. The van der Waals surface area contributed by atoms with Crippen LogP contribution in [0.25, 0.3) is 0 Å². The van der Waals surface area contributed by atoms with Gasteiger partial charge in [-0.15, -0.1) is 0 Å². The number of piperidine rings is 1. The monoisotopic (exact) mass is 506 g/mol. The SMILES string of the molecule is O=C([C@H](Cc1ccc(F)cc1)NCO[SH](=O)=O)N1CCC(Cn2ccnc2)(C2CCCCC2)CC1. The van der Waals surface area contributed by atoms with Crippen molar-refractivity contribution < 1.29 is 21.8 Å². The number of halogens is 1. The van der Waals surface area contributed by atoms with Crippen molar-refractivity contribution in [2.24, 2.45) is 11.3 Å². The van der Waals surface area contributed by atoms with Crippen LogP contribution in [0.15, 0.2) is 43.0 Å². The maximum absolute atomic E-state index is 13.5. The zero-order valence-electron chi connectivity index (χ0n) is 20.0. The lowest BCUT2D eigenvalue weighted by Gasteiger charge is -2.48. The van der Waals surface area contributed by atoms with Gasteiger partial charge in [-0.3, -0.25) is 14.3 Å². The molecule has 1 N–H and O–H groups in total. The molecule has 1 atom stereocenters. The number of imidazole rings is 1. The van der Waals surface area contributed by atoms with Crippen molar-refractivity contribution in [2.45, 2.75) is 64.0 Å². The second-order valence-corrected chi connectivity index (χ2v) is 10.5. The summed E-state index contributed by atoms with van der Waals surface area (Å²) in [5.41, 5.74) is 0.930. The molecule has 192 valence electrons. The molecule has 1 aromatic carbocycles. The van der Waals surface area contributed by atoms with Gasteiger partial charge in [-0.05, 0) is 61.1 Å². The van der Waals surface area contributed by atoms with E-state index in [2.05, 4.69) is 19.1 Å². The van der Waals surface area contributed by atoms with Crippen molar-refractivity contribution in [1.29, 1.82) is 0 Å². The van der Waals surface area contributed by atoms with Gasteiger partial charge in [0.2, 0.25) is 5.91 Å². The lowest BCUT2D eigenvalue weighted by Crippen LogP contribution is -2.54. The van der Waals surface area contributed by atoms with E-state index in [1.807, 2.05) is 23.6 Å². The zero-order chi connectivity index (χ0) is 24.7. The molecule has 1 aliphatic carbocycles. The van der Waals surface area contributed by atoms with Gasteiger partial charge in [-0.25, -0.2) is 17.8 Å². The number of amides is 1. The van der Waals surface area contributed by atoms with Crippen molar-refractivity contribution in [3.63, 3.8) is 0 Å². The van der Waals surface area contributed by atoms with Crippen LogP contribution < -0.4 is 5.32 Å². The maximum Gasteiger partial charge on any atom is 0.258 e. The molecule has 2 aromatic rings. The van der Waals surface area contributed by atoms with Crippen LogP contribution in [0.2, 0.25) is 0 Å². The molecule has 35 heavy (non-hydrogen) atoms. The summed E-state index contributed by atoms with van der Waals surface area (Å²) in [6, 6.07) is 5.34. The van der Waals surface area contributed by atoms with Gasteiger partial charge in [-0.2, -0.15) is 0 Å². The molecule has 0 spiro atoms. The van der Waals surface area contributed by atoms with E-state index < -0.39 is 17.0 Å². The Morgan fingerprint density at radius 1 is 1.17 bits per heavy atom. The van der Waals surface area contributed by atoms with Gasteiger partial charge >= 0.3 is 0 Å². The molecule has 4 rings (SSSR count). The molecule has 1 aliphatic heterocycles. The number of carbonyl (C=O) groups is 1. The fourth-order valence-corrected chi connectivity index (χ4v) is 6.02. The highest BCUT2D eigenvalue weighted by Crippen LogP contribution is 2.47. The van der Waals surface area contributed by atoms with Gasteiger partial charge in [0.1, 0.15) is 12.5 Å². The second-order valence-electron chi connectivity index (χ2n) is 9.84. The van der Waals surface area contributed by atoms with Gasteiger partial charge in [0.15, 0.2) is 0 Å². The Labute approximate surface area is 208 Å². The summed E-state index contributed by atoms with van der Waals surface area (Å²) in [6.45, 7) is 1.95. The van der Waals surface area contributed by atoms with E-state index in [4.69, 9.17) is 0 Å². The van der Waals surface area contributed by atoms with Crippen LogP contribution in [0.4, 0.5) is 4.39 Å². The summed E-state index contributed by atoms with van der Waals surface area (Å²) < 4.78 is 41.8. The van der Waals surface area contributed by atoms with Crippen LogP contribution in [0.5, 0.6) is 0 Å². The molecule has 1 aromatic heterocycles. The minimum absolute atomic E-state index is 0.0843. The molecule has 8 nitrogen and oxygen atoms in total. The Morgan fingerprint density at radius 2 is 1.89 bits per heavy atom. The van der Waals surface area contributed by atoms with Crippen molar-refractivity contribution in [3.8, 4) is 0 Å². The van der Waals surface area contributed by atoms with Crippen LogP contribution in [-0.4, -0.2) is 54.6 Å². The van der Waals surface area contributed by atoms with Crippen molar-refractivity contribution >= 4 is 16.9 Å². The van der Waals surface area contributed by atoms with Crippen molar-refractivity contribution in [3.05, 3.63) is 54.4 Å². The van der Waals surface area contributed by atoms with Crippen LogP contribution in [0, 0.1) is 17.2 Å². The Morgan fingerprint density at radius 3 is 2.51 bits per heavy atom. The number of likely N-dealkylation sites (tertiary alicyclic amines) is 1. The quantitative estimate of drug-likeness (QED) is 0.380. The molecule has 1 saturated heterocycles. The van der Waals surface area contributed by atoms with Crippen LogP contribution in [0.3, 0.4) is 0 Å². The van der Waals surface area contributed by atoms with Crippen LogP contribution in [0.1, 0.15) is 50.5 Å². The number of nitrogens with one attached hydrogen (secondary N) is 1. The van der Waals surface area contributed by atoms with Crippen LogP contribution >= 0.6 is 0 Å². The number of hydrogen-bond donors (Lipinski definition) is 2. The molecule has 1 saturated carbocycles. The molecular formula is C25H35FN4O4S. The van der Waals surface area contributed by atoms with E-state index in [-0.39, 0.29) is 23.9 Å². The standard InChI is InChI=1S/C25H35FN4O4S/c26-22-8-6-20(7-9-22)16-23(28-19-34-35(32)33)24(31)30-13-10-25(11-14-30,17-29-15-12-27-18-29)21-4-2-1-3-5-21/h6-9,12,15,18,21,23,28,35H,1-5,10-11,13-14,16-17,19H2/t23-/m0/s1. The number of nitrogens with zero attached hydrogens (tertiary/aromatic N) is 3. The number of benzene rings is 1. The fraction of sp³-hybridized carbons (Fsp3) is 0.600. The summed E-state index contributed by atoms with van der Waals surface area (Å²) in [5, 5.41) is 2.93. The first-order valence-electron chi connectivity index (χ1n) is 12.4. The molecule has 2 fully saturated rings. The molecule has 0 unspecified atom stereocenters. The topological polar surface area (TPSA) is 93.5 Å². The minimum atomic E-state index is -3.01. The third-order valence-corrected chi connectivity index (χ3v) is 8.09. The van der Waals surface area contributed by atoms with Crippen LogP contribution in [-0.2, 0) is 32.9 Å². The number of carbonyl (C=O) groups excluding carboxylic acids is 1. The third-order valence-electron chi connectivity index (χ3n) is 7.75. The van der Waals surface area contributed by atoms with E-state index in [0.717, 1.165) is 24.9 Å². The summed E-state index contributed by atoms with van der Waals surface area (Å²) in [4.78, 5) is 19.6. The Hall–Kier alpha value is -2.30. The summed E-state index contributed by atoms with van der Waals surface area (Å²) in [6.07, 6.45) is 14.2. The molecule has 2 aliphatic rings. The number of rotatable bonds is 10. The molecule has 1 amide bonds. The average molecular weight is 507 g/mol. The lowest BCUT2D eigenvalue weighted by molar-refractivity contribution is -0.137. The lowest BCUT2D eigenvalue weighted by atomic mass is 9.63. The molecule has 0 radical (unpaired) electrons. The van der Waals surface area contributed by atoms with E-state index in [1.54, 1.807) is 12.1 Å². The predicted octanol–water partition coefficient (Wildman–Crippen LogP) is 2.91. The normalized spacial score (nSPS) is 19.7. The third kappa shape index (κ3) is 6.89. The summed E-state index contributed by atoms with van der Waals surface area (Å²) in [7, 11) is -3.01. The van der Waals surface area contributed by atoms with E-state index >= 15 is 0 Å². The van der Waals surface area contributed by atoms with Gasteiger partial charge in [-0.1, -0.05) is 31.4 Å². The number of thiol groups is 1. The van der Waals surface area contributed by atoms with Gasteiger partial charge < -0.3 is 9.47 Å². The summed E-state index contributed by atoms with van der Waals surface area (Å²) in [5.74, 6) is 0.217. The summed E-state index contributed by atoms with van der Waals surface area (Å²) >= 11 is 0. The van der Waals surface area contributed by atoms with E-state index in [1.165, 1.54) is 44.2 Å². The number of aromatic nitrogens is 2. The first-order chi connectivity index (χ1) is 16.9. The Kier molecular flexibility index (Phi) is 8.91. The second kappa shape index (κ2) is 12.1. The minimum Gasteiger partial charge on any atom is -0.341 e. The molecule has 10 heteroatoms. The van der Waals surface area contributed by atoms with Crippen molar-refractivity contribution in [2.75, 3.05) is 19.8 Å². The van der Waals surface area contributed by atoms with Gasteiger partial charge in [0, 0.05) is 32.0 Å². The van der Waals surface area contributed by atoms with E-state index in [9.17, 15) is 17.6 Å². The van der Waals surface area contributed by atoms with E-state index in [0.29, 0.717) is 25.4 Å². The maximum atomic E-state index is 13.5. The van der Waals surface area contributed by atoms with Crippen molar-refractivity contribution in [1.82, 2.24) is 19.8 Å². The predicted molar refractivity (Wildman–Crippen MR) is 130 cm³/mol. The smallest absolute Gasteiger partial charge is 0.258 e.